The second-order valence-corrected chi connectivity index (χ2v) is 7.87. The zero-order chi connectivity index (χ0) is 13.9. The third-order valence-corrected chi connectivity index (χ3v) is 5.10. The van der Waals surface area contributed by atoms with E-state index >= 15 is 0 Å². The Morgan fingerprint density at radius 1 is 1.00 bits per heavy atom. The van der Waals surface area contributed by atoms with Gasteiger partial charge in [-0.15, -0.1) is 10.2 Å². The molecule has 4 atom stereocenters. The molecule has 110 valence electrons. The number of hydrogen-bond donors (Lipinski definition) is 0. The summed E-state index contributed by atoms with van der Waals surface area (Å²) in [7, 11) is 0. The summed E-state index contributed by atoms with van der Waals surface area (Å²) in [6.07, 6.45) is 5.26. The van der Waals surface area contributed by atoms with Crippen LogP contribution in [-0.4, -0.2) is 22.9 Å². The second kappa shape index (κ2) is 4.30. The molecule has 2 aliphatic carbocycles. The molecule has 0 radical (unpaired) electrons. The Labute approximate surface area is 120 Å². The van der Waals surface area contributed by atoms with E-state index in [0.717, 1.165) is 36.6 Å². The van der Waals surface area contributed by atoms with Crippen molar-refractivity contribution in [3.63, 3.8) is 0 Å². The van der Waals surface area contributed by atoms with Crippen molar-refractivity contribution < 1.29 is 9.15 Å². The van der Waals surface area contributed by atoms with Crippen LogP contribution in [0.5, 0.6) is 0 Å². The van der Waals surface area contributed by atoms with E-state index < -0.39 is 0 Å². The minimum Gasteiger partial charge on any atom is -0.425 e. The van der Waals surface area contributed by atoms with Crippen LogP contribution in [0.1, 0.15) is 70.1 Å². The molecule has 0 amide bonds. The van der Waals surface area contributed by atoms with Gasteiger partial charge >= 0.3 is 0 Å². The summed E-state index contributed by atoms with van der Waals surface area (Å²) in [4.78, 5) is 0. The molecule has 4 rings (SSSR count). The number of hydrogen-bond acceptors (Lipinski definition) is 4. The van der Waals surface area contributed by atoms with Gasteiger partial charge in [0.1, 0.15) is 0 Å². The predicted octanol–water partition coefficient (Wildman–Crippen LogP) is 3.50. The molecule has 2 heterocycles. The summed E-state index contributed by atoms with van der Waals surface area (Å²) < 4.78 is 11.9. The van der Waals surface area contributed by atoms with Crippen molar-refractivity contribution in [2.24, 2.45) is 17.3 Å². The number of ether oxygens (including phenoxy) is 1. The maximum absolute atomic E-state index is 6.02. The van der Waals surface area contributed by atoms with Crippen LogP contribution < -0.4 is 0 Å². The van der Waals surface area contributed by atoms with E-state index in [1.807, 2.05) is 0 Å². The molecule has 0 unspecified atom stereocenters. The number of rotatable bonds is 3. The molecular formula is C16H24N2O2. The fourth-order valence-corrected chi connectivity index (χ4v) is 3.79. The summed E-state index contributed by atoms with van der Waals surface area (Å²) in [6, 6.07) is 0. The topological polar surface area (TPSA) is 48.2 Å². The van der Waals surface area contributed by atoms with Crippen molar-refractivity contribution >= 4 is 0 Å². The van der Waals surface area contributed by atoms with Crippen molar-refractivity contribution in [1.82, 2.24) is 10.2 Å². The highest BCUT2D eigenvalue weighted by atomic mass is 16.5. The molecule has 20 heavy (non-hydrogen) atoms. The van der Waals surface area contributed by atoms with E-state index in [-0.39, 0.29) is 17.4 Å². The summed E-state index contributed by atoms with van der Waals surface area (Å²) in [6.45, 7) is 7.46. The molecule has 4 nitrogen and oxygen atoms in total. The Morgan fingerprint density at radius 2 is 1.70 bits per heavy atom. The molecule has 4 heteroatoms. The van der Waals surface area contributed by atoms with Crippen molar-refractivity contribution in [2.45, 2.75) is 64.4 Å². The van der Waals surface area contributed by atoms with Gasteiger partial charge in [0.25, 0.3) is 0 Å². The van der Waals surface area contributed by atoms with Gasteiger partial charge in [-0.1, -0.05) is 20.8 Å². The van der Waals surface area contributed by atoms with Crippen molar-refractivity contribution in [1.29, 1.82) is 0 Å². The Kier molecular flexibility index (Phi) is 2.75. The third-order valence-electron chi connectivity index (χ3n) is 5.10. The normalized spacial score (nSPS) is 37.4. The van der Waals surface area contributed by atoms with Gasteiger partial charge in [-0.25, -0.2) is 0 Å². The zero-order valence-corrected chi connectivity index (χ0v) is 12.6. The first kappa shape index (κ1) is 12.8. The molecular weight excluding hydrogens is 252 g/mol. The van der Waals surface area contributed by atoms with Crippen LogP contribution in [0, 0.1) is 17.3 Å². The van der Waals surface area contributed by atoms with Crippen LogP contribution in [0.2, 0.25) is 0 Å². The van der Waals surface area contributed by atoms with Gasteiger partial charge in [-0.3, -0.25) is 0 Å². The molecule has 1 saturated heterocycles. The van der Waals surface area contributed by atoms with Crippen LogP contribution in [0.4, 0.5) is 0 Å². The molecule has 2 saturated carbocycles. The highest BCUT2D eigenvalue weighted by Crippen LogP contribution is 2.59. The summed E-state index contributed by atoms with van der Waals surface area (Å²) in [5.74, 6) is 4.30. The lowest BCUT2D eigenvalue weighted by molar-refractivity contribution is 0.0170. The van der Waals surface area contributed by atoms with Gasteiger partial charge in [0.05, 0.1) is 12.0 Å². The van der Waals surface area contributed by atoms with Gasteiger partial charge in [0.15, 0.2) is 0 Å². The fourth-order valence-electron chi connectivity index (χ4n) is 3.79. The zero-order valence-electron chi connectivity index (χ0n) is 12.6. The first-order valence-corrected chi connectivity index (χ1v) is 7.99. The quantitative estimate of drug-likeness (QED) is 0.847. The molecule has 3 fully saturated rings. The fraction of sp³-hybridized carbons (Fsp3) is 0.875. The van der Waals surface area contributed by atoms with Gasteiger partial charge in [0, 0.05) is 12.5 Å². The van der Waals surface area contributed by atoms with E-state index in [9.17, 15) is 0 Å². The third kappa shape index (κ3) is 2.18. The summed E-state index contributed by atoms with van der Waals surface area (Å²) in [5.41, 5.74) is 0.117. The lowest BCUT2D eigenvalue weighted by atomic mass is 9.81. The summed E-state index contributed by atoms with van der Waals surface area (Å²) in [5, 5.41) is 8.67. The highest BCUT2D eigenvalue weighted by molar-refractivity contribution is 5.12. The SMILES string of the molecule is CC(C)(C)[C@H]1OCC[C@@H]1c1nnc([C@@H]2C[C@@H]2C2CC2)o1. The molecule has 1 aliphatic heterocycles. The van der Waals surface area contributed by atoms with Crippen molar-refractivity contribution in [2.75, 3.05) is 6.61 Å². The predicted molar refractivity (Wildman–Crippen MR) is 74.4 cm³/mol. The minimum atomic E-state index is 0.117. The lowest BCUT2D eigenvalue weighted by Gasteiger charge is -2.29. The van der Waals surface area contributed by atoms with Crippen molar-refractivity contribution in [3.8, 4) is 0 Å². The van der Waals surface area contributed by atoms with Gasteiger partial charge in [0.2, 0.25) is 11.8 Å². The van der Waals surface area contributed by atoms with Gasteiger partial charge in [-0.2, -0.15) is 0 Å². The van der Waals surface area contributed by atoms with E-state index in [1.54, 1.807) is 0 Å². The van der Waals surface area contributed by atoms with Crippen LogP contribution in [0.25, 0.3) is 0 Å². The van der Waals surface area contributed by atoms with E-state index in [2.05, 4.69) is 31.0 Å². The molecule has 1 aromatic rings. The van der Waals surface area contributed by atoms with Crippen molar-refractivity contribution in [3.05, 3.63) is 11.8 Å². The first-order chi connectivity index (χ1) is 9.54. The monoisotopic (exact) mass is 276 g/mol. The molecule has 3 aliphatic rings. The Hall–Kier alpha value is -0.900. The van der Waals surface area contributed by atoms with Crippen LogP contribution in [-0.2, 0) is 4.74 Å². The first-order valence-electron chi connectivity index (χ1n) is 7.99. The standard InChI is InChI=1S/C16H24N2O2/c1-16(2,3)13-10(6-7-19-13)14-17-18-15(20-14)12-8-11(12)9-4-5-9/h9-13H,4-8H2,1-3H3/t10-,11+,12+,13-/m0/s1. The Morgan fingerprint density at radius 3 is 2.35 bits per heavy atom. The maximum Gasteiger partial charge on any atom is 0.222 e. The van der Waals surface area contributed by atoms with Crippen LogP contribution in [0.3, 0.4) is 0 Å². The lowest BCUT2D eigenvalue weighted by Crippen LogP contribution is -2.30. The molecule has 0 N–H and O–H groups in total. The number of aromatic nitrogens is 2. The smallest absolute Gasteiger partial charge is 0.222 e. The molecule has 1 aromatic heterocycles. The average molecular weight is 276 g/mol. The highest BCUT2D eigenvalue weighted by Gasteiger charge is 2.51. The maximum atomic E-state index is 6.02. The van der Waals surface area contributed by atoms with Gasteiger partial charge in [-0.05, 0) is 42.9 Å². The van der Waals surface area contributed by atoms with Gasteiger partial charge < -0.3 is 9.15 Å². The van der Waals surface area contributed by atoms with E-state index in [0.29, 0.717) is 5.92 Å². The summed E-state index contributed by atoms with van der Waals surface area (Å²) >= 11 is 0. The number of nitrogens with zero attached hydrogens (tertiary/aromatic N) is 2. The van der Waals surface area contributed by atoms with E-state index in [4.69, 9.17) is 9.15 Å². The average Bonchev–Trinajstić information content (AvgIpc) is 3.25. The van der Waals surface area contributed by atoms with Crippen LogP contribution in [0.15, 0.2) is 4.42 Å². The Balaban J connectivity index is 1.50. The van der Waals surface area contributed by atoms with E-state index in [1.165, 1.54) is 19.3 Å². The second-order valence-electron chi connectivity index (χ2n) is 7.87. The minimum absolute atomic E-state index is 0.117. The molecule has 0 spiro atoms. The van der Waals surface area contributed by atoms with Crippen LogP contribution >= 0.6 is 0 Å². The molecule has 0 bridgehead atoms. The largest absolute Gasteiger partial charge is 0.425 e. The Bertz CT molecular complexity index is 501. The molecule has 0 aromatic carbocycles.